The fraction of sp³-hybridized carbons (Fsp3) is 0.529. The van der Waals surface area contributed by atoms with Gasteiger partial charge >= 0.3 is 0 Å². The van der Waals surface area contributed by atoms with Gasteiger partial charge in [-0.15, -0.1) is 0 Å². The van der Waals surface area contributed by atoms with Crippen LogP contribution in [0.15, 0.2) is 28.7 Å². The summed E-state index contributed by atoms with van der Waals surface area (Å²) in [6.45, 7) is 8.20. The van der Waals surface area contributed by atoms with E-state index < -0.39 is 0 Å². The van der Waals surface area contributed by atoms with Gasteiger partial charge in [0.1, 0.15) is 17.4 Å². The molecule has 1 saturated heterocycles. The fourth-order valence-corrected chi connectivity index (χ4v) is 2.94. The second kappa shape index (κ2) is 5.58. The van der Waals surface area contributed by atoms with Crippen molar-refractivity contribution in [3.05, 3.63) is 35.6 Å². The number of hydrogen-bond donors (Lipinski definition) is 1. The van der Waals surface area contributed by atoms with Gasteiger partial charge in [-0.25, -0.2) is 0 Å². The maximum absolute atomic E-state index is 6.06. The van der Waals surface area contributed by atoms with Crippen LogP contribution in [0, 0.1) is 5.92 Å². The first-order valence-corrected chi connectivity index (χ1v) is 7.56. The van der Waals surface area contributed by atoms with Gasteiger partial charge in [-0.1, -0.05) is 39.0 Å². The Labute approximate surface area is 120 Å². The number of morpholine rings is 1. The standard InChI is InChI=1S/C17H23NO2/c1-4-12-13-7-5-6-8-15(13)20-17(12)16-9-18-14(10-19-16)11(2)3/h5-8,11,14,16,18H,4,9-10H2,1-3H3. The molecule has 108 valence electrons. The zero-order chi connectivity index (χ0) is 14.1. The summed E-state index contributed by atoms with van der Waals surface area (Å²) < 4.78 is 12.1. The largest absolute Gasteiger partial charge is 0.458 e. The topological polar surface area (TPSA) is 34.4 Å². The third-order valence-corrected chi connectivity index (χ3v) is 4.22. The summed E-state index contributed by atoms with van der Waals surface area (Å²) in [7, 11) is 0. The molecule has 0 saturated carbocycles. The van der Waals surface area contributed by atoms with E-state index in [-0.39, 0.29) is 6.10 Å². The van der Waals surface area contributed by atoms with E-state index in [9.17, 15) is 0 Å². The minimum atomic E-state index is 0.0346. The van der Waals surface area contributed by atoms with Crippen LogP contribution >= 0.6 is 0 Å². The Balaban J connectivity index is 1.87. The second-order valence-corrected chi connectivity index (χ2v) is 5.88. The molecule has 1 aliphatic heterocycles. The lowest BCUT2D eigenvalue weighted by Gasteiger charge is -2.32. The van der Waals surface area contributed by atoms with Crippen molar-refractivity contribution in [3.8, 4) is 0 Å². The molecule has 2 heterocycles. The van der Waals surface area contributed by atoms with Crippen molar-refractivity contribution in [3.63, 3.8) is 0 Å². The molecule has 0 spiro atoms. The lowest BCUT2D eigenvalue weighted by molar-refractivity contribution is -0.0177. The summed E-state index contributed by atoms with van der Waals surface area (Å²) in [5, 5.41) is 4.80. The van der Waals surface area contributed by atoms with E-state index in [0.717, 1.165) is 30.9 Å². The lowest BCUT2D eigenvalue weighted by atomic mass is 10.0. The van der Waals surface area contributed by atoms with Crippen LogP contribution in [-0.2, 0) is 11.2 Å². The van der Waals surface area contributed by atoms with Crippen molar-refractivity contribution >= 4 is 11.0 Å². The third kappa shape index (κ3) is 2.36. The van der Waals surface area contributed by atoms with Gasteiger partial charge in [0.15, 0.2) is 0 Å². The van der Waals surface area contributed by atoms with Crippen molar-refractivity contribution in [1.29, 1.82) is 0 Å². The maximum atomic E-state index is 6.06. The summed E-state index contributed by atoms with van der Waals surface area (Å²) in [6.07, 6.45) is 1.01. The van der Waals surface area contributed by atoms with Crippen molar-refractivity contribution < 1.29 is 9.15 Å². The summed E-state index contributed by atoms with van der Waals surface area (Å²) in [6, 6.07) is 8.69. The normalized spacial score (nSPS) is 23.6. The molecule has 1 aromatic carbocycles. The molecule has 1 fully saturated rings. The molecule has 1 N–H and O–H groups in total. The minimum absolute atomic E-state index is 0.0346. The Kier molecular flexibility index (Phi) is 3.81. The third-order valence-electron chi connectivity index (χ3n) is 4.22. The highest BCUT2D eigenvalue weighted by Crippen LogP contribution is 2.33. The number of hydrogen-bond acceptors (Lipinski definition) is 3. The molecule has 3 rings (SSSR count). The van der Waals surface area contributed by atoms with Crippen LogP contribution in [-0.4, -0.2) is 19.2 Å². The number of nitrogens with one attached hydrogen (secondary N) is 1. The van der Waals surface area contributed by atoms with Gasteiger partial charge in [0.2, 0.25) is 0 Å². The number of furan rings is 1. The quantitative estimate of drug-likeness (QED) is 0.926. The van der Waals surface area contributed by atoms with Crippen LogP contribution in [0.5, 0.6) is 0 Å². The van der Waals surface area contributed by atoms with Gasteiger partial charge in [0.05, 0.1) is 6.61 Å². The molecule has 2 aromatic rings. The number of aryl methyl sites for hydroxylation is 1. The predicted molar refractivity (Wildman–Crippen MR) is 80.9 cm³/mol. The lowest BCUT2D eigenvalue weighted by Crippen LogP contribution is -2.45. The molecular formula is C17H23NO2. The highest BCUT2D eigenvalue weighted by Gasteiger charge is 2.28. The van der Waals surface area contributed by atoms with E-state index in [1.54, 1.807) is 0 Å². The van der Waals surface area contributed by atoms with Gasteiger partial charge in [0.25, 0.3) is 0 Å². The van der Waals surface area contributed by atoms with Crippen LogP contribution in [0.3, 0.4) is 0 Å². The van der Waals surface area contributed by atoms with Crippen LogP contribution < -0.4 is 5.32 Å². The first-order valence-electron chi connectivity index (χ1n) is 7.56. The van der Waals surface area contributed by atoms with Crippen molar-refractivity contribution in [2.24, 2.45) is 5.92 Å². The number of ether oxygens (including phenoxy) is 1. The molecule has 20 heavy (non-hydrogen) atoms. The van der Waals surface area contributed by atoms with Crippen molar-refractivity contribution in [2.75, 3.05) is 13.2 Å². The number of fused-ring (bicyclic) bond motifs is 1. The predicted octanol–water partition coefficient (Wildman–Crippen LogP) is 3.68. The Morgan fingerprint density at radius 1 is 1.30 bits per heavy atom. The first-order chi connectivity index (χ1) is 9.70. The van der Waals surface area contributed by atoms with Crippen LogP contribution in [0.2, 0.25) is 0 Å². The molecule has 2 atom stereocenters. The maximum Gasteiger partial charge on any atom is 0.138 e. The molecular weight excluding hydrogens is 250 g/mol. The van der Waals surface area contributed by atoms with Crippen LogP contribution in [0.1, 0.15) is 38.2 Å². The van der Waals surface area contributed by atoms with Crippen LogP contribution in [0.4, 0.5) is 0 Å². The monoisotopic (exact) mass is 273 g/mol. The molecule has 0 bridgehead atoms. The summed E-state index contributed by atoms with van der Waals surface area (Å²) in [4.78, 5) is 0. The molecule has 0 radical (unpaired) electrons. The van der Waals surface area contributed by atoms with Gasteiger partial charge in [-0.2, -0.15) is 0 Å². The molecule has 1 aromatic heterocycles. The van der Waals surface area contributed by atoms with Gasteiger partial charge in [-0.05, 0) is 18.4 Å². The molecule has 2 unspecified atom stereocenters. The van der Waals surface area contributed by atoms with Crippen molar-refractivity contribution in [2.45, 2.75) is 39.3 Å². The molecule has 0 aliphatic carbocycles. The Hall–Kier alpha value is -1.32. The van der Waals surface area contributed by atoms with E-state index in [1.807, 2.05) is 12.1 Å². The smallest absolute Gasteiger partial charge is 0.138 e. The summed E-state index contributed by atoms with van der Waals surface area (Å²) >= 11 is 0. The summed E-state index contributed by atoms with van der Waals surface area (Å²) in [5.74, 6) is 1.60. The average Bonchev–Trinajstić information content (AvgIpc) is 2.85. The van der Waals surface area contributed by atoms with Gasteiger partial charge in [0, 0.05) is 23.5 Å². The van der Waals surface area contributed by atoms with Gasteiger partial charge in [-0.3, -0.25) is 0 Å². The Morgan fingerprint density at radius 3 is 2.75 bits per heavy atom. The number of para-hydroxylation sites is 1. The fourth-order valence-electron chi connectivity index (χ4n) is 2.94. The number of rotatable bonds is 3. The summed E-state index contributed by atoms with van der Waals surface area (Å²) in [5.41, 5.74) is 2.25. The minimum Gasteiger partial charge on any atom is -0.458 e. The van der Waals surface area contributed by atoms with E-state index in [0.29, 0.717) is 12.0 Å². The van der Waals surface area contributed by atoms with E-state index >= 15 is 0 Å². The zero-order valence-corrected chi connectivity index (χ0v) is 12.5. The van der Waals surface area contributed by atoms with Crippen molar-refractivity contribution in [1.82, 2.24) is 5.32 Å². The second-order valence-electron chi connectivity index (χ2n) is 5.88. The number of benzene rings is 1. The SMILES string of the molecule is CCc1c(C2CNC(C(C)C)CO2)oc2ccccc12. The average molecular weight is 273 g/mol. The molecule has 1 aliphatic rings. The van der Waals surface area contributed by atoms with E-state index in [4.69, 9.17) is 9.15 Å². The molecule has 3 nitrogen and oxygen atoms in total. The Bertz CT molecular complexity index is 580. The highest BCUT2D eigenvalue weighted by atomic mass is 16.5. The highest BCUT2D eigenvalue weighted by molar-refractivity contribution is 5.82. The van der Waals surface area contributed by atoms with E-state index in [1.165, 1.54) is 10.9 Å². The molecule has 0 amide bonds. The molecule has 3 heteroatoms. The van der Waals surface area contributed by atoms with Crippen LogP contribution in [0.25, 0.3) is 11.0 Å². The van der Waals surface area contributed by atoms with E-state index in [2.05, 4.69) is 38.2 Å². The van der Waals surface area contributed by atoms with Gasteiger partial charge < -0.3 is 14.5 Å². The Morgan fingerprint density at radius 2 is 2.10 bits per heavy atom. The zero-order valence-electron chi connectivity index (χ0n) is 12.5. The first kappa shape index (κ1) is 13.7.